The van der Waals surface area contributed by atoms with Gasteiger partial charge in [-0.05, 0) is 30.0 Å². The molecule has 1 atom stereocenters. The summed E-state index contributed by atoms with van der Waals surface area (Å²) >= 11 is 4.94. The van der Waals surface area contributed by atoms with E-state index in [1.165, 1.54) is 24.8 Å². The van der Waals surface area contributed by atoms with Crippen LogP contribution in [0.15, 0.2) is 24.3 Å². The number of thiocarbonyl (C=S) groups is 1. The molecule has 19 heavy (non-hydrogen) atoms. The van der Waals surface area contributed by atoms with Crippen LogP contribution in [0.2, 0.25) is 0 Å². The first-order valence-corrected chi connectivity index (χ1v) is 7.55. The van der Waals surface area contributed by atoms with E-state index in [4.69, 9.17) is 22.7 Å². The van der Waals surface area contributed by atoms with Gasteiger partial charge in [0.25, 0.3) is 0 Å². The summed E-state index contributed by atoms with van der Waals surface area (Å²) < 4.78 is 5.72. The molecule has 0 spiro atoms. The van der Waals surface area contributed by atoms with Gasteiger partial charge in [-0.1, -0.05) is 57.5 Å². The molecule has 1 unspecified atom stereocenters. The van der Waals surface area contributed by atoms with E-state index >= 15 is 0 Å². The molecule has 106 valence electrons. The molecule has 0 aliphatic heterocycles. The van der Waals surface area contributed by atoms with Crippen LogP contribution in [0.25, 0.3) is 0 Å². The minimum absolute atomic E-state index is 0.371. The molecule has 0 aromatic heterocycles. The molecule has 0 aliphatic carbocycles. The van der Waals surface area contributed by atoms with Crippen LogP contribution in [0.5, 0.6) is 5.75 Å². The van der Waals surface area contributed by atoms with Gasteiger partial charge < -0.3 is 10.5 Å². The Morgan fingerprint density at radius 3 is 2.47 bits per heavy atom. The van der Waals surface area contributed by atoms with Crippen molar-refractivity contribution in [2.45, 2.75) is 51.9 Å². The Hall–Kier alpha value is -1.09. The Morgan fingerprint density at radius 2 is 1.89 bits per heavy atom. The predicted molar refractivity (Wildman–Crippen MR) is 85.9 cm³/mol. The molecular formula is C16H25NOS. The number of hydrogen-bond acceptors (Lipinski definition) is 2. The maximum atomic E-state index is 5.72. The van der Waals surface area contributed by atoms with Gasteiger partial charge in [-0.3, -0.25) is 0 Å². The lowest BCUT2D eigenvalue weighted by atomic mass is 9.98. The Labute approximate surface area is 122 Å². The molecule has 0 saturated carbocycles. The minimum atomic E-state index is 0.371. The summed E-state index contributed by atoms with van der Waals surface area (Å²) in [7, 11) is 0. The maximum absolute atomic E-state index is 5.72. The molecule has 0 fully saturated rings. The van der Waals surface area contributed by atoms with Crippen molar-refractivity contribution in [2.24, 2.45) is 5.73 Å². The Morgan fingerprint density at radius 1 is 1.21 bits per heavy atom. The number of unbranched alkanes of at least 4 members (excludes halogenated alkanes) is 3. The molecule has 0 bridgehead atoms. The third-order valence-corrected chi connectivity index (χ3v) is 3.39. The Kier molecular flexibility index (Phi) is 7.49. The second kappa shape index (κ2) is 8.92. The zero-order chi connectivity index (χ0) is 14.1. The summed E-state index contributed by atoms with van der Waals surface area (Å²) in [4.78, 5) is 0.573. The molecule has 0 saturated heterocycles. The maximum Gasteiger partial charge on any atom is 0.119 e. The predicted octanol–water partition coefficient (Wildman–Crippen LogP) is 4.43. The summed E-state index contributed by atoms with van der Waals surface area (Å²) in [6, 6.07) is 8.27. The molecule has 0 radical (unpaired) electrons. The fourth-order valence-corrected chi connectivity index (χ4v) is 2.28. The normalized spacial score (nSPS) is 12.1. The SMILES string of the molecule is CCCCCCOc1ccc(C(C)CC(N)=S)cc1. The lowest BCUT2D eigenvalue weighted by molar-refractivity contribution is 0.305. The van der Waals surface area contributed by atoms with Gasteiger partial charge in [0.1, 0.15) is 5.75 Å². The van der Waals surface area contributed by atoms with Gasteiger partial charge >= 0.3 is 0 Å². The monoisotopic (exact) mass is 279 g/mol. The lowest BCUT2D eigenvalue weighted by Crippen LogP contribution is -2.11. The first kappa shape index (κ1) is 16.0. The summed E-state index contributed by atoms with van der Waals surface area (Å²) in [6.07, 6.45) is 5.69. The smallest absolute Gasteiger partial charge is 0.119 e. The van der Waals surface area contributed by atoms with E-state index in [1.54, 1.807) is 0 Å². The summed E-state index contributed by atoms with van der Waals surface area (Å²) in [5.74, 6) is 1.32. The number of benzene rings is 1. The fraction of sp³-hybridized carbons (Fsp3) is 0.562. The van der Waals surface area contributed by atoms with Crippen molar-refractivity contribution in [3.63, 3.8) is 0 Å². The van der Waals surface area contributed by atoms with Crippen LogP contribution < -0.4 is 10.5 Å². The molecule has 2 nitrogen and oxygen atoms in total. The number of rotatable bonds is 9. The third-order valence-electron chi connectivity index (χ3n) is 3.22. The molecule has 1 aromatic rings. The highest BCUT2D eigenvalue weighted by molar-refractivity contribution is 7.80. The molecule has 1 rings (SSSR count). The van der Waals surface area contributed by atoms with Crippen molar-refractivity contribution in [1.29, 1.82) is 0 Å². The number of hydrogen-bond donors (Lipinski definition) is 1. The van der Waals surface area contributed by atoms with Gasteiger partial charge in [0.05, 0.1) is 11.6 Å². The molecule has 3 heteroatoms. The Bertz CT molecular complexity index is 375. The van der Waals surface area contributed by atoms with Gasteiger partial charge in [0.2, 0.25) is 0 Å². The van der Waals surface area contributed by atoms with E-state index in [0.29, 0.717) is 10.9 Å². The molecule has 0 heterocycles. The molecule has 2 N–H and O–H groups in total. The van der Waals surface area contributed by atoms with Gasteiger partial charge in [-0.25, -0.2) is 0 Å². The van der Waals surface area contributed by atoms with Crippen LogP contribution in [-0.2, 0) is 0 Å². The summed E-state index contributed by atoms with van der Waals surface area (Å²) in [5.41, 5.74) is 6.83. The van der Waals surface area contributed by atoms with Crippen molar-refractivity contribution in [3.05, 3.63) is 29.8 Å². The average Bonchev–Trinajstić information content (AvgIpc) is 2.38. The van der Waals surface area contributed by atoms with E-state index in [0.717, 1.165) is 25.2 Å². The van der Waals surface area contributed by atoms with Crippen molar-refractivity contribution in [2.75, 3.05) is 6.61 Å². The summed E-state index contributed by atoms with van der Waals surface area (Å²) in [6.45, 7) is 5.16. The quantitative estimate of drug-likeness (QED) is 0.536. The fourth-order valence-electron chi connectivity index (χ4n) is 2.03. The number of ether oxygens (including phenoxy) is 1. The standard InChI is InChI=1S/C16H25NOS/c1-3-4-5-6-11-18-15-9-7-14(8-10-15)13(2)12-16(17)19/h7-10,13H,3-6,11-12H2,1-2H3,(H2,17,19). The molecule has 1 aromatic carbocycles. The highest BCUT2D eigenvalue weighted by atomic mass is 32.1. The van der Waals surface area contributed by atoms with Gasteiger partial charge in [0, 0.05) is 6.42 Å². The topological polar surface area (TPSA) is 35.2 Å². The largest absolute Gasteiger partial charge is 0.494 e. The van der Waals surface area contributed by atoms with Gasteiger partial charge in [0.15, 0.2) is 0 Å². The minimum Gasteiger partial charge on any atom is -0.494 e. The Balaban J connectivity index is 2.36. The van der Waals surface area contributed by atoms with E-state index < -0.39 is 0 Å². The van der Waals surface area contributed by atoms with E-state index in [9.17, 15) is 0 Å². The average molecular weight is 279 g/mol. The zero-order valence-corrected chi connectivity index (χ0v) is 12.8. The first-order valence-electron chi connectivity index (χ1n) is 7.14. The van der Waals surface area contributed by atoms with Crippen molar-refractivity contribution >= 4 is 17.2 Å². The van der Waals surface area contributed by atoms with Crippen LogP contribution in [0.4, 0.5) is 0 Å². The molecular weight excluding hydrogens is 254 g/mol. The highest BCUT2D eigenvalue weighted by Gasteiger charge is 2.06. The van der Waals surface area contributed by atoms with Crippen molar-refractivity contribution < 1.29 is 4.74 Å². The van der Waals surface area contributed by atoms with Gasteiger partial charge in [-0.2, -0.15) is 0 Å². The lowest BCUT2D eigenvalue weighted by Gasteiger charge is -2.12. The molecule has 0 aliphatic rings. The second-order valence-electron chi connectivity index (χ2n) is 5.05. The van der Waals surface area contributed by atoms with Crippen LogP contribution in [0.3, 0.4) is 0 Å². The number of nitrogens with two attached hydrogens (primary N) is 1. The van der Waals surface area contributed by atoms with E-state index in [-0.39, 0.29) is 0 Å². The van der Waals surface area contributed by atoms with Crippen molar-refractivity contribution in [1.82, 2.24) is 0 Å². The van der Waals surface area contributed by atoms with Crippen LogP contribution in [0, 0.1) is 0 Å². The summed E-state index contributed by atoms with van der Waals surface area (Å²) in [5, 5.41) is 0. The van der Waals surface area contributed by atoms with E-state index in [2.05, 4.69) is 26.0 Å². The van der Waals surface area contributed by atoms with Crippen LogP contribution >= 0.6 is 12.2 Å². The highest BCUT2D eigenvalue weighted by Crippen LogP contribution is 2.22. The van der Waals surface area contributed by atoms with E-state index in [1.807, 2.05) is 12.1 Å². The molecule has 0 amide bonds. The van der Waals surface area contributed by atoms with Crippen LogP contribution in [-0.4, -0.2) is 11.6 Å². The third kappa shape index (κ3) is 6.58. The van der Waals surface area contributed by atoms with Crippen LogP contribution in [0.1, 0.15) is 57.4 Å². The zero-order valence-electron chi connectivity index (χ0n) is 12.0. The second-order valence-corrected chi connectivity index (χ2v) is 5.57. The van der Waals surface area contributed by atoms with Crippen molar-refractivity contribution in [3.8, 4) is 5.75 Å². The van der Waals surface area contributed by atoms with Gasteiger partial charge in [-0.15, -0.1) is 0 Å². The first-order chi connectivity index (χ1) is 9.13.